The topological polar surface area (TPSA) is 12.0 Å². The van der Waals surface area contributed by atoms with E-state index in [4.69, 9.17) is 0 Å². The van der Waals surface area contributed by atoms with Crippen LogP contribution < -0.4 is 5.32 Å². The predicted molar refractivity (Wildman–Crippen MR) is 79.7 cm³/mol. The predicted octanol–water partition coefficient (Wildman–Crippen LogP) is 4.62. The minimum Gasteiger partial charge on any atom is -0.314 e. The molecule has 0 aromatic rings. The van der Waals surface area contributed by atoms with Crippen LogP contribution in [0.5, 0.6) is 0 Å². The average molecular weight is 251 g/mol. The molecule has 1 nitrogen and oxygen atoms in total. The zero-order valence-corrected chi connectivity index (χ0v) is 12.8. The molecule has 5 atom stereocenters. The molecule has 0 spiro atoms. The van der Waals surface area contributed by atoms with Crippen LogP contribution in [-0.4, -0.2) is 12.6 Å². The van der Waals surface area contributed by atoms with Crippen LogP contribution in [0.1, 0.15) is 72.1 Å². The Morgan fingerprint density at radius 1 is 1.06 bits per heavy atom. The van der Waals surface area contributed by atoms with E-state index in [0.29, 0.717) is 0 Å². The molecule has 0 aromatic heterocycles. The molecular formula is C17H33N. The first kappa shape index (κ1) is 14.4. The molecule has 5 unspecified atom stereocenters. The molecule has 0 radical (unpaired) electrons. The quantitative estimate of drug-likeness (QED) is 0.752. The summed E-state index contributed by atoms with van der Waals surface area (Å²) in [6.07, 6.45) is 11.7. The van der Waals surface area contributed by atoms with Crippen molar-refractivity contribution >= 4 is 0 Å². The fraction of sp³-hybridized carbons (Fsp3) is 1.00. The van der Waals surface area contributed by atoms with Gasteiger partial charge >= 0.3 is 0 Å². The van der Waals surface area contributed by atoms with Crippen molar-refractivity contribution < 1.29 is 0 Å². The van der Waals surface area contributed by atoms with Crippen molar-refractivity contribution in [1.29, 1.82) is 0 Å². The highest BCUT2D eigenvalue weighted by atomic mass is 14.9. The van der Waals surface area contributed by atoms with Crippen LogP contribution in [0.4, 0.5) is 0 Å². The van der Waals surface area contributed by atoms with E-state index >= 15 is 0 Å². The third-order valence-corrected chi connectivity index (χ3v) is 5.78. The lowest BCUT2D eigenvalue weighted by molar-refractivity contribution is 0.159. The molecule has 0 aromatic carbocycles. The van der Waals surface area contributed by atoms with Gasteiger partial charge in [0.15, 0.2) is 0 Å². The van der Waals surface area contributed by atoms with Crippen LogP contribution in [-0.2, 0) is 0 Å². The molecule has 18 heavy (non-hydrogen) atoms. The Labute approximate surface area is 114 Å². The Morgan fingerprint density at radius 3 is 2.61 bits per heavy atom. The number of hydrogen-bond acceptors (Lipinski definition) is 1. The van der Waals surface area contributed by atoms with Crippen molar-refractivity contribution in [2.45, 2.75) is 78.2 Å². The Balaban J connectivity index is 1.85. The van der Waals surface area contributed by atoms with E-state index in [1.54, 1.807) is 0 Å². The smallest absolute Gasteiger partial charge is 0.00955 e. The van der Waals surface area contributed by atoms with Crippen LogP contribution >= 0.6 is 0 Å². The minimum atomic E-state index is 0.817. The SMILES string of the molecule is CCCNC1CCC(C2CCCC(CC)C2)C1C. The summed E-state index contributed by atoms with van der Waals surface area (Å²) < 4.78 is 0. The summed E-state index contributed by atoms with van der Waals surface area (Å²) in [5, 5.41) is 3.78. The van der Waals surface area contributed by atoms with Crippen molar-refractivity contribution in [1.82, 2.24) is 5.32 Å². The van der Waals surface area contributed by atoms with Crippen molar-refractivity contribution in [3.05, 3.63) is 0 Å². The van der Waals surface area contributed by atoms with Gasteiger partial charge in [-0.15, -0.1) is 0 Å². The number of nitrogens with one attached hydrogen (secondary N) is 1. The monoisotopic (exact) mass is 251 g/mol. The largest absolute Gasteiger partial charge is 0.314 e. The maximum atomic E-state index is 3.78. The molecule has 1 heteroatoms. The first-order chi connectivity index (χ1) is 8.76. The molecule has 106 valence electrons. The molecule has 0 bridgehead atoms. The van der Waals surface area contributed by atoms with Gasteiger partial charge in [0.05, 0.1) is 0 Å². The number of hydrogen-bond donors (Lipinski definition) is 1. The Hall–Kier alpha value is -0.0400. The fourth-order valence-corrected chi connectivity index (χ4v) is 4.57. The summed E-state index contributed by atoms with van der Waals surface area (Å²) in [5.74, 6) is 4.02. The van der Waals surface area contributed by atoms with Gasteiger partial charge in [0.2, 0.25) is 0 Å². The van der Waals surface area contributed by atoms with Gasteiger partial charge in [-0.05, 0) is 55.9 Å². The van der Waals surface area contributed by atoms with Crippen LogP contribution in [0.15, 0.2) is 0 Å². The van der Waals surface area contributed by atoms with Crippen LogP contribution in [0.3, 0.4) is 0 Å². The second-order valence-corrected chi connectivity index (χ2v) is 6.86. The van der Waals surface area contributed by atoms with Crippen molar-refractivity contribution in [2.75, 3.05) is 6.54 Å². The third kappa shape index (κ3) is 3.29. The van der Waals surface area contributed by atoms with Crippen LogP contribution in [0.2, 0.25) is 0 Å². The summed E-state index contributed by atoms with van der Waals surface area (Å²) in [6, 6.07) is 0.817. The average Bonchev–Trinajstić information content (AvgIpc) is 2.78. The zero-order chi connectivity index (χ0) is 13.0. The maximum Gasteiger partial charge on any atom is 0.00955 e. The van der Waals surface area contributed by atoms with E-state index in [0.717, 1.165) is 29.7 Å². The maximum absolute atomic E-state index is 3.78. The van der Waals surface area contributed by atoms with Gasteiger partial charge in [-0.25, -0.2) is 0 Å². The van der Waals surface area contributed by atoms with Gasteiger partial charge < -0.3 is 5.32 Å². The van der Waals surface area contributed by atoms with Gasteiger partial charge in [-0.3, -0.25) is 0 Å². The van der Waals surface area contributed by atoms with Gasteiger partial charge in [0.25, 0.3) is 0 Å². The molecule has 2 fully saturated rings. The lowest BCUT2D eigenvalue weighted by atomic mass is 9.71. The standard InChI is InChI=1S/C17H33N/c1-4-11-18-17-10-9-16(13(17)3)15-8-6-7-14(5-2)12-15/h13-18H,4-12H2,1-3H3. The Kier molecular flexibility index (Phi) is 5.54. The van der Waals surface area contributed by atoms with E-state index in [9.17, 15) is 0 Å². The fourth-order valence-electron chi connectivity index (χ4n) is 4.57. The first-order valence-corrected chi connectivity index (χ1v) is 8.49. The Morgan fingerprint density at radius 2 is 1.89 bits per heavy atom. The summed E-state index contributed by atoms with van der Waals surface area (Å²) in [5.41, 5.74) is 0. The molecule has 0 amide bonds. The minimum absolute atomic E-state index is 0.817. The molecule has 2 aliphatic carbocycles. The Bertz CT molecular complexity index is 238. The summed E-state index contributed by atoms with van der Waals surface area (Å²) in [4.78, 5) is 0. The molecule has 0 heterocycles. The van der Waals surface area contributed by atoms with Crippen LogP contribution in [0.25, 0.3) is 0 Å². The van der Waals surface area contributed by atoms with Gasteiger partial charge in [-0.2, -0.15) is 0 Å². The number of rotatable bonds is 5. The van der Waals surface area contributed by atoms with E-state index < -0.39 is 0 Å². The van der Waals surface area contributed by atoms with E-state index in [2.05, 4.69) is 26.1 Å². The highest BCUT2D eigenvalue weighted by Gasteiger charge is 2.38. The second kappa shape index (κ2) is 6.93. The summed E-state index contributed by atoms with van der Waals surface area (Å²) in [7, 11) is 0. The van der Waals surface area contributed by atoms with Gasteiger partial charge in [0, 0.05) is 6.04 Å². The summed E-state index contributed by atoms with van der Waals surface area (Å²) >= 11 is 0. The zero-order valence-electron chi connectivity index (χ0n) is 12.8. The van der Waals surface area contributed by atoms with Crippen molar-refractivity contribution in [3.63, 3.8) is 0 Å². The lowest BCUT2D eigenvalue weighted by Crippen LogP contribution is -2.35. The molecule has 0 saturated heterocycles. The summed E-state index contributed by atoms with van der Waals surface area (Å²) in [6.45, 7) is 8.39. The third-order valence-electron chi connectivity index (χ3n) is 5.78. The van der Waals surface area contributed by atoms with Crippen molar-refractivity contribution in [2.24, 2.45) is 23.7 Å². The molecule has 2 saturated carbocycles. The first-order valence-electron chi connectivity index (χ1n) is 8.49. The molecule has 2 rings (SSSR count). The van der Waals surface area contributed by atoms with E-state index in [1.807, 2.05) is 0 Å². The van der Waals surface area contributed by atoms with E-state index in [1.165, 1.54) is 57.9 Å². The van der Waals surface area contributed by atoms with Gasteiger partial charge in [0.1, 0.15) is 0 Å². The molecular weight excluding hydrogens is 218 g/mol. The highest BCUT2D eigenvalue weighted by Crippen LogP contribution is 2.44. The molecule has 0 aliphatic heterocycles. The van der Waals surface area contributed by atoms with E-state index in [-0.39, 0.29) is 0 Å². The van der Waals surface area contributed by atoms with Gasteiger partial charge in [-0.1, -0.05) is 46.5 Å². The molecule has 1 N–H and O–H groups in total. The van der Waals surface area contributed by atoms with Crippen molar-refractivity contribution in [3.8, 4) is 0 Å². The molecule has 2 aliphatic rings. The normalized spacial score (nSPS) is 41.2. The van der Waals surface area contributed by atoms with Crippen LogP contribution in [0, 0.1) is 23.7 Å². The highest BCUT2D eigenvalue weighted by molar-refractivity contribution is 4.91. The second-order valence-electron chi connectivity index (χ2n) is 6.86. The lowest BCUT2D eigenvalue weighted by Gasteiger charge is -2.35.